The van der Waals surface area contributed by atoms with Crippen LogP contribution in [0.4, 0.5) is 0 Å². The van der Waals surface area contributed by atoms with Crippen molar-refractivity contribution in [3.05, 3.63) is 0 Å². The fourth-order valence-corrected chi connectivity index (χ4v) is 4.80. The van der Waals surface area contributed by atoms with E-state index in [1.807, 2.05) is 0 Å². The number of carboxylic acids is 1. The minimum Gasteiger partial charge on any atom is -0.481 e. The second kappa shape index (κ2) is 5.99. The molecule has 6 nitrogen and oxygen atoms in total. The maximum Gasteiger partial charge on any atom is 0.307 e. The Balaban J connectivity index is 2.05. The Morgan fingerprint density at radius 1 is 1.15 bits per heavy atom. The second-order valence-corrected chi connectivity index (χ2v) is 8.12. The fourth-order valence-electron chi connectivity index (χ4n) is 3.02. The van der Waals surface area contributed by atoms with Gasteiger partial charge in [0, 0.05) is 26.2 Å². The van der Waals surface area contributed by atoms with Gasteiger partial charge in [0.05, 0.1) is 5.92 Å². The summed E-state index contributed by atoms with van der Waals surface area (Å²) in [4.78, 5) is 11.1. The lowest BCUT2D eigenvalue weighted by Crippen LogP contribution is -2.48. The number of rotatable bonds is 4. The largest absolute Gasteiger partial charge is 0.481 e. The zero-order valence-corrected chi connectivity index (χ0v) is 13.0. The first-order valence-corrected chi connectivity index (χ1v) is 8.70. The van der Waals surface area contributed by atoms with Crippen molar-refractivity contribution in [2.75, 3.05) is 26.2 Å². The van der Waals surface area contributed by atoms with E-state index in [0.717, 1.165) is 6.42 Å². The molecular weight excluding hydrogens is 280 g/mol. The van der Waals surface area contributed by atoms with Gasteiger partial charge in [0.2, 0.25) is 0 Å². The zero-order valence-electron chi connectivity index (χ0n) is 12.2. The van der Waals surface area contributed by atoms with Crippen molar-refractivity contribution in [2.24, 2.45) is 17.8 Å². The molecule has 2 aliphatic heterocycles. The Morgan fingerprint density at radius 3 is 2.35 bits per heavy atom. The lowest BCUT2D eigenvalue weighted by molar-refractivity contribution is -0.142. The Hall–Kier alpha value is -0.660. The molecule has 0 aromatic heterocycles. The predicted octanol–water partition coefficient (Wildman–Crippen LogP) is 1.01. The average Bonchev–Trinajstić information content (AvgIpc) is 2.89. The smallest absolute Gasteiger partial charge is 0.307 e. The van der Waals surface area contributed by atoms with E-state index in [0.29, 0.717) is 44.3 Å². The summed E-state index contributed by atoms with van der Waals surface area (Å²) in [5, 5.41) is 9.07. The van der Waals surface area contributed by atoms with E-state index in [2.05, 4.69) is 13.8 Å². The van der Waals surface area contributed by atoms with Gasteiger partial charge in [-0.2, -0.15) is 17.0 Å². The summed E-state index contributed by atoms with van der Waals surface area (Å²) in [7, 11) is -3.49. The molecule has 2 heterocycles. The Bertz CT molecular complexity index is 463. The summed E-state index contributed by atoms with van der Waals surface area (Å²) in [6.07, 6.45) is 2.08. The molecule has 2 fully saturated rings. The van der Waals surface area contributed by atoms with Crippen LogP contribution in [0.5, 0.6) is 0 Å². The second-order valence-electron chi connectivity index (χ2n) is 6.19. The molecule has 0 aliphatic carbocycles. The van der Waals surface area contributed by atoms with Crippen molar-refractivity contribution in [2.45, 2.75) is 33.1 Å². The van der Waals surface area contributed by atoms with Crippen LogP contribution in [0.15, 0.2) is 0 Å². The lowest BCUT2D eigenvalue weighted by atomic mass is 9.96. The van der Waals surface area contributed by atoms with Crippen LogP contribution in [0.25, 0.3) is 0 Å². The first-order chi connectivity index (χ1) is 9.32. The molecule has 0 aromatic carbocycles. The Labute approximate surface area is 120 Å². The van der Waals surface area contributed by atoms with E-state index < -0.39 is 22.1 Å². The van der Waals surface area contributed by atoms with Crippen molar-refractivity contribution in [3.63, 3.8) is 0 Å². The van der Waals surface area contributed by atoms with Crippen LogP contribution in [0.1, 0.15) is 33.1 Å². The third kappa shape index (κ3) is 3.15. The van der Waals surface area contributed by atoms with Crippen LogP contribution < -0.4 is 0 Å². The number of piperidine rings is 1. The van der Waals surface area contributed by atoms with Crippen LogP contribution in [0.3, 0.4) is 0 Å². The topological polar surface area (TPSA) is 77.9 Å². The molecule has 2 atom stereocenters. The van der Waals surface area contributed by atoms with Gasteiger partial charge in [-0.05, 0) is 31.1 Å². The molecule has 20 heavy (non-hydrogen) atoms. The molecule has 2 rings (SSSR count). The van der Waals surface area contributed by atoms with Gasteiger partial charge in [-0.3, -0.25) is 4.79 Å². The van der Waals surface area contributed by atoms with Gasteiger partial charge in [0.15, 0.2) is 0 Å². The van der Waals surface area contributed by atoms with Gasteiger partial charge in [0.25, 0.3) is 10.2 Å². The van der Waals surface area contributed by atoms with Gasteiger partial charge < -0.3 is 5.11 Å². The molecule has 1 N–H and O–H groups in total. The highest BCUT2D eigenvalue weighted by Crippen LogP contribution is 2.29. The van der Waals surface area contributed by atoms with Crippen LogP contribution >= 0.6 is 0 Å². The van der Waals surface area contributed by atoms with Gasteiger partial charge >= 0.3 is 5.97 Å². The normalized spacial score (nSPS) is 29.9. The highest BCUT2D eigenvalue weighted by molar-refractivity contribution is 7.86. The number of aliphatic carboxylic acids is 1. The van der Waals surface area contributed by atoms with Gasteiger partial charge in [-0.15, -0.1) is 0 Å². The summed E-state index contributed by atoms with van der Waals surface area (Å²) in [6.45, 7) is 5.90. The molecule has 0 amide bonds. The summed E-state index contributed by atoms with van der Waals surface area (Å²) < 4.78 is 28.1. The highest BCUT2D eigenvalue weighted by Gasteiger charge is 2.39. The third-order valence-electron chi connectivity index (χ3n) is 4.52. The predicted molar refractivity (Wildman–Crippen MR) is 75.4 cm³/mol. The van der Waals surface area contributed by atoms with Gasteiger partial charge in [-0.25, -0.2) is 0 Å². The van der Waals surface area contributed by atoms with Crippen molar-refractivity contribution in [3.8, 4) is 0 Å². The maximum atomic E-state index is 12.6. The molecule has 0 saturated carbocycles. The first-order valence-electron chi connectivity index (χ1n) is 7.30. The molecule has 2 aliphatic rings. The number of carboxylic acid groups (broad SMARTS) is 1. The monoisotopic (exact) mass is 304 g/mol. The summed E-state index contributed by atoms with van der Waals surface area (Å²) in [5.74, 6) is -0.582. The summed E-state index contributed by atoms with van der Waals surface area (Å²) >= 11 is 0. The summed E-state index contributed by atoms with van der Waals surface area (Å²) in [6, 6.07) is 0. The van der Waals surface area contributed by atoms with Crippen LogP contribution in [0.2, 0.25) is 0 Å². The number of nitrogens with zero attached hydrogens (tertiary/aromatic N) is 2. The Morgan fingerprint density at radius 2 is 1.80 bits per heavy atom. The van der Waals surface area contributed by atoms with Crippen LogP contribution in [0, 0.1) is 17.8 Å². The molecular formula is C13H24N2O4S. The summed E-state index contributed by atoms with van der Waals surface area (Å²) in [5.41, 5.74) is 0. The van der Waals surface area contributed by atoms with Gasteiger partial charge in [-0.1, -0.05) is 13.8 Å². The Kier molecular flexibility index (Phi) is 4.71. The molecule has 7 heteroatoms. The highest BCUT2D eigenvalue weighted by atomic mass is 32.2. The van der Waals surface area contributed by atoms with E-state index in [1.165, 1.54) is 8.61 Å². The third-order valence-corrected chi connectivity index (χ3v) is 6.48. The van der Waals surface area contributed by atoms with E-state index in [-0.39, 0.29) is 6.54 Å². The van der Waals surface area contributed by atoms with Crippen molar-refractivity contribution >= 4 is 16.2 Å². The average molecular weight is 304 g/mol. The first kappa shape index (κ1) is 15.7. The SMILES string of the molecule is CC(C)C1CCN(S(=O)(=O)N2CCCC(C(=O)O)C2)C1. The maximum absolute atomic E-state index is 12.6. The molecule has 0 aromatic rings. The molecule has 0 spiro atoms. The molecule has 2 unspecified atom stereocenters. The van der Waals surface area contributed by atoms with E-state index in [9.17, 15) is 13.2 Å². The van der Waals surface area contributed by atoms with Crippen molar-refractivity contribution in [1.29, 1.82) is 0 Å². The van der Waals surface area contributed by atoms with Crippen molar-refractivity contribution in [1.82, 2.24) is 8.61 Å². The quantitative estimate of drug-likeness (QED) is 0.840. The molecule has 2 saturated heterocycles. The van der Waals surface area contributed by atoms with Crippen molar-refractivity contribution < 1.29 is 18.3 Å². The minimum absolute atomic E-state index is 0.112. The number of hydrogen-bond donors (Lipinski definition) is 1. The van der Waals surface area contributed by atoms with Crippen LogP contribution in [-0.2, 0) is 15.0 Å². The molecule has 0 radical (unpaired) electrons. The standard InChI is InChI=1S/C13H24N2O4S/c1-10(2)11-5-7-15(8-11)20(18,19)14-6-3-4-12(9-14)13(16)17/h10-12H,3-9H2,1-2H3,(H,16,17). The van der Waals surface area contributed by atoms with E-state index >= 15 is 0 Å². The van der Waals surface area contributed by atoms with E-state index in [4.69, 9.17) is 5.11 Å². The molecule has 0 bridgehead atoms. The molecule has 116 valence electrons. The van der Waals surface area contributed by atoms with Crippen LogP contribution in [-0.4, -0.2) is 54.3 Å². The lowest BCUT2D eigenvalue weighted by Gasteiger charge is -2.33. The minimum atomic E-state index is -3.49. The fraction of sp³-hybridized carbons (Fsp3) is 0.923. The zero-order chi connectivity index (χ0) is 14.9. The van der Waals surface area contributed by atoms with E-state index in [1.54, 1.807) is 0 Å². The van der Waals surface area contributed by atoms with Gasteiger partial charge in [0.1, 0.15) is 0 Å². The number of hydrogen-bond acceptors (Lipinski definition) is 3. The number of carbonyl (C=O) groups is 1.